The van der Waals surface area contributed by atoms with E-state index >= 15 is 0 Å². The Morgan fingerprint density at radius 1 is 1.38 bits per heavy atom. The van der Waals surface area contributed by atoms with Crippen LogP contribution in [-0.4, -0.2) is 51.1 Å². The van der Waals surface area contributed by atoms with Crippen molar-refractivity contribution >= 4 is 25.8 Å². The second-order valence-electron chi connectivity index (χ2n) is 6.65. The summed E-state index contributed by atoms with van der Waals surface area (Å²) in [6.45, 7) is 16.2. The summed E-state index contributed by atoms with van der Waals surface area (Å²) in [5.74, 6) is 0.223. The van der Waals surface area contributed by atoms with E-state index < -0.39 is 0 Å². The lowest BCUT2D eigenvalue weighted by Crippen LogP contribution is -2.17. The SMILES string of the molecule is C/C=C(\C)Cn1c(=O)[nH]c2c(N)nc(OCCCC)nc21.C=CC(=C)CPOC.CCO. The topological polar surface area (TPSA) is 128 Å². The van der Waals surface area contributed by atoms with Crippen LogP contribution in [0.3, 0.4) is 0 Å². The Morgan fingerprint density at radius 2 is 2.03 bits per heavy atom. The number of hydrogen-bond donors (Lipinski definition) is 3. The average molecular weight is 468 g/mol. The molecular weight excluding hydrogens is 429 g/mol. The number of nitrogen functional groups attached to an aromatic ring is 1. The van der Waals surface area contributed by atoms with Crippen LogP contribution in [0.4, 0.5) is 5.82 Å². The molecule has 9 nitrogen and oxygen atoms in total. The lowest BCUT2D eigenvalue weighted by molar-refractivity contribution is 0.286. The second kappa shape index (κ2) is 17.1. The molecule has 180 valence electrons. The number of aromatic amines is 1. The van der Waals surface area contributed by atoms with Crippen LogP contribution in [0, 0.1) is 0 Å². The molecule has 1 unspecified atom stereocenters. The summed E-state index contributed by atoms with van der Waals surface area (Å²) < 4.78 is 11.9. The maximum absolute atomic E-state index is 12.0. The second-order valence-corrected chi connectivity index (χ2v) is 7.70. The Labute approximate surface area is 192 Å². The van der Waals surface area contributed by atoms with Crippen molar-refractivity contribution in [2.24, 2.45) is 0 Å². The molecule has 0 fully saturated rings. The molecule has 2 aromatic heterocycles. The number of unbranched alkanes of at least 4 members (excludes halogenated alkanes) is 1. The number of ether oxygens (including phenoxy) is 1. The number of aliphatic hydroxyl groups is 1. The Morgan fingerprint density at radius 3 is 2.56 bits per heavy atom. The van der Waals surface area contributed by atoms with Gasteiger partial charge in [0.15, 0.2) is 11.5 Å². The van der Waals surface area contributed by atoms with Crippen molar-refractivity contribution in [3.63, 3.8) is 0 Å². The summed E-state index contributed by atoms with van der Waals surface area (Å²) >= 11 is 0. The summed E-state index contributed by atoms with van der Waals surface area (Å²) in [4.78, 5) is 23.1. The fraction of sp³-hybridized carbons (Fsp3) is 0.500. The van der Waals surface area contributed by atoms with Gasteiger partial charge in [-0.05, 0) is 32.8 Å². The number of aromatic nitrogens is 4. The quantitative estimate of drug-likeness (QED) is 0.210. The normalized spacial score (nSPS) is 11.0. The average Bonchev–Trinajstić information content (AvgIpc) is 3.09. The molecule has 2 heterocycles. The molecular formula is C22H38N5O4P. The first-order chi connectivity index (χ1) is 15.3. The third-order valence-electron chi connectivity index (χ3n) is 3.99. The predicted molar refractivity (Wildman–Crippen MR) is 135 cm³/mol. The molecule has 32 heavy (non-hydrogen) atoms. The van der Waals surface area contributed by atoms with Gasteiger partial charge in [-0.15, -0.1) is 0 Å². The number of nitrogens with two attached hydrogens (primary N) is 1. The van der Waals surface area contributed by atoms with Crippen molar-refractivity contribution < 1.29 is 14.4 Å². The molecule has 2 rings (SSSR count). The van der Waals surface area contributed by atoms with Gasteiger partial charge in [0.05, 0.1) is 6.61 Å². The van der Waals surface area contributed by atoms with Crippen LogP contribution in [0.15, 0.2) is 41.3 Å². The fourth-order valence-corrected chi connectivity index (χ4v) is 2.60. The number of nitrogens with one attached hydrogen (secondary N) is 1. The van der Waals surface area contributed by atoms with Gasteiger partial charge in [0.25, 0.3) is 0 Å². The van der Waals surface area contributed by atoms with Crippen LogP contribution < -0.4 is 16.2 Å². The number of nitrogens with zero attached hydrogens (tertiary/aromatic N) is 3. The zero-order chi connectivity index (χ0) is 24.5. The molecule has 0 saturated heterocycles. The summed E-state index contributed by atoms with van der Waals surface area (Å²) in [5, 5.41) is 7.57. The van der Waals surface area contributed by atoms with Gasteiger partial charge in [0, 0.05) is 35.2 Å². The number of imidazole rings is 1. The largest absolute Gasteiger partial charge is 0.463 e. The summed E-state index contributed by atoms with van der Waals surface area (Å²) in [6, 6.07) is 0.208. The first kappa shape index (κ1) is 29.5. The highest BCUT2D eigenvalue weighted by Gasteiger charge is 2.14. The van der Waals surface area contributed by atoms with E-state index in [2.05, 4.69) is 35.0 Å². The minimum atomic E-state index is -0.252. The number of hydrogen-bond acceptors (Lipinski definition) is 7. The first-order valence-electron chi connectivity index (χ1n) is 10.5. The van der Waals surface area contributed by atoms with Crippen molar-refractivity contribution in [1.82, 2.24) is 19.5 Å². The van der Waals surface area contributed by atoms with Crippen LogP contribution in [0.1, 0.15) is 40.5 Å². The number of H-pyrrole nitrogens is 1. The van der Waals surface area contributed by atoms with Gasteiger partial charge >= 0.3 is 11.7 Å². The van der Waals surface area contributed by atoms with E-state index in [4.69, 9.17) is 20.1 Å². The molecule has 0 saturated carbocycles. The van der Waals surface area contributed by atoms with E-state index in [0.717, 1.165) is 30.1 Å². The molecule has 0 radical (unpaired) electrons. The van der Waals surface area contributed by atoms with Gasteiger partial charge in [-0.3, -0.25) is 4.57 Å². The monoisotopic (exact) mass is 467 g/mol. The van der Waals surface area contributed by atoms with Gasteiger partial charge in [-0.1, -0.05) is 44.2 Å². The first-order valence-corrected chi connectivity index (χ1v) is 11.6. The molecule has 10 heteroatoms. The van der Waals surface area contributed by atoms with Crippen molar-refractivity contribution in [1.29, 1.82) is 0 Å². The van der Waals surface area contributed by atoms with E-state index in [1.54, 1.807) is 20.1 Å². The fourth-order valence-electron chi connectivity index (χ4n) is 2.13. The Bertz CT molecular complexity index is 921. The highest BCUT2D eigenvalue weighted by atomic mass is 31.1. The lowest BCUT2D eigenvalue weighted by atomic mass is 10.3. The van der Waals surface area contributed by atoms with Gasteiger partial charge in [-0.25, -0.2) is 4.79 Å². The van der Waals surface area contributed by atoms with Crippen molar-refractivity contribution in [2.45, 2.75) is 47.1 Å². The zero-order valence-corrected chi connectivity index (χ0v) is 20.9. The molecule has 0 aliphatic carbocycles. The standard InChI is InChI=1S/C14H21N5O2.C6H11OP.C2H6O/c1-4-6-7-21-13-17-11(15)10-12(18-13)19(14(20)16-10)8-9(3)5-2;1-4-6(2)5-8-7-3;1-2-3/h5H,4,6-8H2,1-3H3,(H,16,20)(H2,15,17,18);4,8H,1-2,5H2,3H3;3H,2H2,1H3/b9-5+;;. The molecule has 0 aliphatic rings. The van der Waals surface area contributed by atoms with Crippen LogP contribution >= 0.6 is 8.81 Å². The molecule has 1 atom stereocenters. The maximum Gasteiger partial charge on any atom is 0.328 e. The Balaban J connectivity index is 0.000000732. The van der Waals surface area contributed by atoms with Crippen molar-refractivity contribution in [2.75, 3.05) is 32.2 Å². The minimum Gasteiger partial charge on any atom is -0.463 e. The van der Waals surface area contributed by atoms with Gasteiger partial charge in [0.1, 0.15) is 5.52 Å². The number of anilines is 1. The summed E-state index contributed by atoms with van der Waals surface area (Å²) in [7, 11) is 2.22. The van der Waals surface area contributed by atoms with Gasteiger partial charge in [-0.2, -0.15) is 9.97 Å². The summed E-state index contributed by atoms with van der Waals surface area (Å²) in [6.07, 6.45) is 6.56. The highest BCUT2D eigenvalue weighted by Crippen LogP contribution is 2.18. The highest BCUT2D eigenvalue weighted by molar-refractivity contribution is 7.32. The van der Waals surface area contributed by atoms with E-state index in [1.165, 1.54) is 4.57 Å². The van der Waals surface area contributed by atoms with E-state index in [0.29, 0.717) is 33.1 Å². The third kappa shape index (κ3) is 10.7. The Kier molecular flexibility index (Phi) is 15.8. The maximum atomic E-state index is 12.0. The molecule has 4 N–H and O–H groups in total. The number of allylic oxidation sites excluding steroid dienone is 4. The van der Waals surface area contributed by atoms with E-state index in [1.807, 2.05) is 19.9 Å². The third-order valence-corrected chi connectivity index (χ3v) is 4.88. The number of aliphatic hydroxyl groups excluding tert-OH is 1. The smallest absolute Gasteiger partial charge is 0.328 e. The molecule has 2 aromatic rings. The molecule has 0 aromatic carbocycles. The van der Waals surface area contributed by atoms with Gasteiger partial charge < -0.3 is 25.1 Å². The van der Waals surface area contributed by atoms with Crippen LogP contribution in [0.5, 0.6) is 6.01 Å². The van der Waals surface area contributed by atoms with Crippen molar-refractivity contribution in [3.8, 4) is 6.01 Å². The summed E-state index contributed by atoms with van der Waals surface area (Å²) in [5.41, 5.74) is 8.65. The number of rotatable bonds is 10. The van der Waals surface area contributed by atoms with Crippen molar-refractivity contribution in [3.05, 3.63) is 46.9 Å². The Hall–Kier alpha value is -2.48. The van der Waals surface area contributed by atoms with E-state index in [9.17, 15) is 4.79 Å². The predicted octanol–water partition coefficient (Wildman–Crippen LogP) is 3.81. The van der Waals surface area contributed by atoms with Gasteiger partial charge in [0.2, 0.25) is 0 Å². The molecule has 0 spiro atoms. The molecule has 0 aliphatic heterocycles. The molecule has 0 bridgehead atoms. The number of fused-ring (bicyclic) bond motifs is 1. The lowest BCUT2D eigenvalue weighted by Gasteiger charge is -2.06. The van der Waals surface area contributed by atoms with E-state index in [-0.39, 0.29) is 24.1 Å². The minimum absolute atomic E-state index is 0.208. The van der Waals surface area contributed by atoms with Crippen LogP contribution in [-0.2, 0) is 11.1 Å². The van der Waals surface area contributed by atoms with Crippen LogP contribution in [0.2, 0.25) is 0 Å². The van der Waals surface area contributed by atoms with Crippen LogP contribution in [0.25, 0.3) is 11.2 Å². The zero-order valence-electron chi connectivity index (χ0n) is 19.9. The molecule has 0 amide bonds.